The number of hydrogen-bond acceptors (Lipinski definition) is 3. The summed E-state index contributed by atoms with van der Waals surface area (Å²) in [5.41, 5.74) is 0.00206. The number of nitrogens with zero attached hydrogens (tertiary/aromatic N) is 2. The van der Waals surface area contributed by atoms with E-state index in [-0.39, 0.29) is 23.9 Å². The average Bonchev–Trinajstić information content (AvgIpc) is 2.50. The highest BCUT2D eigenvalue weighted by Gasteiger charge is 2.11. The summed E-state index contributed by atoms with van der Waals surface area (Å²) in [4.78, 5) is 28.5. The van der Waals surface area contributed by atoms with Crippen LogP contribution in [-0.4, -0.2) is 21.5 Å². The number of carbonyl (C=O) groups is 1. The second kappa shape index (κ2) is 8.04. The lowest BCUT2D eigenvalue weighted by molar-refractivity contribution is -0.122. The fourth-order valence-electron chi connectivity index (χ4n) is 2.62. The van der Waals surface area contributed by atoms with Crippen molar-refractivity contribution in [3.8, 4) is 0 Å². The van der Waals surface area contributed by atoms with Crippen LogP contribution in [0.4, 0.5) is 4.39 Å². The highest BCUT2D eigenvalue weighted by molar-refractivity contribution is 5.79. The van der Waals surface area contributed by atoms with Crippen molar-refractivity contribution in [2.75, 3.05) is 0 Å². The highest BCUT2D eigenvalue weighted by atomic mass is 19.1. The first-order chi connectivity index (χ1) is 11.4. The van der Waals surface area contributed by atoms with Gasteiger partial charge >= 0.3 is 0 Å². The van der Waals surface area contributed by atoms with Crippen LogP contribution in [0, 0.1) is 11.7 Å². The number of fused-ring (bicyclic) bond motifs is 1. The van der Waals surface area contributed by atoms with Crippen molar-refractivity contribution in [1.29, 1.82) is 0 Å². The molecule has 24 heavy (non-hydrogen) atoms. The van der Waals surface area contributed by atoms with Gasteiger partial charge in [0.05, 0.1) is 17.2 Å². The fraction of sp³-hybridized carbons (Fsp3) is 0.500. The van der Waals surface area contributed by atoms with Crippen molar-refractivity contribution < 1.29 is 9.18 Å². The van der Waals surface area contributed by atoms with E-state index in [9.17, 15) is 14.0 Å². The molecule has 2 aromatic rings. The summed E-state index contributed by atoms with van der Waals surface area (Å²) in [6.07, 6.45) is 4.40. The second-order valence-corrected chi connectivity index (χ2v) is 6.63. The van der Waals surface area contributed by atoms with Crippen molar-refractivity contribution in [2.24, 2.45) is 5.92 Å². The molecule has 0 bridgehead atoms. The van der Waals surface area contributed by atoms with Crippen molar-refractivity contribution in [3.63, 3.8) is 0 Å². The van der Waals surface area contributed by atoms with Gasteiger partial charge in [-0.1, -0.05) is 26.7 Å². The van der Waals surface area contributed by atoms with Crippen LogP contribution >= 0.6 is 0 Å². The predicted molar refractivity (Wildman–Crippen MR) is 92.3 cm³/mol. The molecule has 1 aromatic heterocycles. The maximum absolute atomic E-state index is 13.3. The van der Waals surface area contributed by atoms with E-state index in [1.54, 1.807) is 0 Å². The van der Waals surface area contributed by atoms with Crippen LogP contribution in [-0.2, 0) is 11.3 Å². The molecule has 0 fully saturated rings. The van der Waals surface area contributed by atoms with Gasteiger partial charge < -0.3 is 5.32 Å². The van der Waals surface area contributed by atoms with Gasteiger partial charge in [-0.3, -0.25) is 14.2 Å². The molecule has 6 heteroatoms. The zero-order chi connectivity index (χ0) is 17.7. The smallest absolute Gasteiger partial charge is 0.261 e. The average molecular weight is 333 g/mol. The Labute approximate surface area is 140 Å². The number of aromatic nitrogens is 2. The minimum atomic E-state index is -0.498. The topological polar surface area (TPSA) is 64.0 Å². The molecule has 1 heterocycles. The number of benzene rings is 1. The van der Waals surface area contributed by atoms with Gasteiger partial charge in [0.2, 0.25) is 5.91 Å². The van der Waals surface area contributed by atoms with Crippen LogP contribution in [0.3, 0.4) is 0 Å². The second-order valence-electron chi connectivity index (χ2n) is 6.63. The van der Waals surface area contributed by atoms with Crippen LogP contribution in [0.2, 0.25) is 0 Å². The highest BCUT2D eigenvalue weighted by Crippen LogP contribution is 2.09. The third-order valence-electron chi connectivity index (χ3n) is 3.93. The molecule has 0 saturated carbocycles. The maximum atomic E-state index is 13.3. The molecule has 2 rings (SSSR count). The van der Waals surface area contributed by atoms with Crippen LogP contribution < -0.4 is 10.9 Å². The number of rotatable bonds is 7. The van der Waals surface area contributed by atoms with Crippen molar-refractivity contribution in [3.05, 3.63) is 40.7 Å². The molecule has 0 aliphatic heterocycles. The zero-order valence-corrected chi connectivity index (χ0v) is 14.4. The number of nitrogens with one attached hydrogen (secondary N) is 1. The molecule has 0 aliphatic rings. The SMILES string of the molecule is CC(C)CCCC(C)NC(=O)Cn1cnc2ccc(F)cc2c1=O. The van der Waals surface area contributed by atoms with E-state index in [2.05, 4.69) is 24.1 Å². The number of carbonyl (C=O) groups excluding carboxylic acids is 1. The summed E-state index contributed by atoms with van der Waals surface area (Å²) < 4.78 is 14.5. The summed E-state index contributed by atoms with van der Waals surface area (Å²) >= 11 is 0. The Hall–Kier alpha value is -2.24. The zero-order valence-electron chi connectivity index (χ0n) is 14.4. The Balaban J connectivity index is 2.00. The quantitative estimate of drug-likeness (QED) is 0.847. The lowest BCUT2D eigenvalue weighted by atomic mass is 10.0. The predicted octanol–water partition coefficient (Wildman–Crippen LogP) is 2.87. The van der Waals surface area contributed by atoms with Gasteiger partial charge in [-0.05, 0) is 37.5 Å². The number of amides is 1. The lowest BCUT2D eigenvalue weighted by Crippen LogP contribution is -2.37. The summed E-state index contributed by atoms with van der Waals surface area (Å²) in [6.45, 7) is 6.18. The summed E-state index contributed by atoms with van der Waals surface area (Å²) in [7, 11) is 0. The summed E-state index contributed by atoms with van der Waals surface area (Å²) in [5.74, 6) is -0.0929. The molecule has 5 nitrogen and oxygen atoms in total. The van der Waals surface area contributed by atoms with Gasteiger partial charge in [0.25, 0.3) is 5.56 Å². The molecule has 130 valence electrons. The first kappa shape index (κ1) is 18.1. The molecular weight excluding hydrogens is 309 g/mol. The minimum Gasteiger partial charge on any atom is -0.352 e. The van der Waals surface area contributed by atoms with Crippen LogP contribution in [0.1, 0.15) is 40.0 Å². The molecule has 1 aromatic carbocycles. The van der Waals surface area contributed by atoms with Crippen molar-refractivity contribution >= 4 is 16.8 Å². The third kappa shape index (κ3) is 4.88. The van der Waals surface area contributed by atoms with Gasteiger partial charge in [-0.2, -0.15) is 0 Å². The Morgan fingerprint density at radius 3 is 2.75 bits per heavy atom. The lowest BCUT2D eigenvalue weighted by Gasteiger charge is -2.15. The first-order valence-electron chi connectivity index (χ1n) is 8.31. The van der Waals surface area contributed by atoms with E-state index in [0.717, 1.165) is 25.3 Å². The Kier molecular flexibility index (Phi) is 6.06. The molecule has 1 amide bonds. The molecule has 0 spiro atoms. The number of halogens is 1. The van der Waals surface area contributed by atoms with Crippen molar-refractivity contribution in [1.82, 2.24) is 14.9 Å². The van der Waals surface area contributed by atoms with E-state index < -0.39 is 11.4 Å². The van der Waals surface area contributed by atoms with E-state index >= 15 is 0 Å². The minimum absolute atomic E-state index is 0.0535. The van der Waals surface area contributed by atoms with Gasteiger partial charge in [-0.15, -0.1) is 0 Å². The Bertz CT molecular complexity index is 770. The van der Waals surface area contributed by atoms with E-state index in [0.29, 0.717) is 11.4 Å². The van der Waals surface area contributed by atoms with Crippen LogP contribution in [0.25, 0.3) is 10.9 Å². The van der Waals surface area contributed by atoms with Gasteiger partial charge in [0, 0.05) is 6.04 Å². The normalized spacial score (nSPS) is 12.5. The van der Waals surface area contributed by atoms with Crippen LogP contribution in [0.15, 0.2) is 29.3 Å². The number of hydrogen-bond donors (Lipinski definition) is 1. The monoisotopic (exact) mass is 333 g/mol. The molecule has 1 atom stereocenters. The molecule has 0 aliphatic carbocycles. The maximum Gasteiger partial charge on any atom is 0.261 e. The standard InChI is InChI=1S/C18H24FN3O2/c1-12(2)5-4-6-13(3)21-17(23)10-22-11-20-16-8-7-14(19)9-15(16)18(22)24/h7-9,11-13H,4-6,10H2,1-3H3,(H,21,23). The molecule has 1 N–H and O–H groups in total. The fourth-order valence-corrected chi connectivity index (χ4v) is 2.62. The van der Waals surface area contributed by atoms with E-state index in [1.165, 1.54) is 23.0 Å². The molecular formula is C18H24FN3O2. The molecule has 0 radical (unpaired) electrons. The van der Waals surface area contributed by atoms with E-state index in [1.807, 2.05) is 6.92 Å². The summed E-state index contributed by atoms with van der Waals surface area (Å²) in [5, 5.41) is 3.06. The third-order valence-corrected chi connectivity index (χ3v) is 3.93. The Morgan fingerprint density at radius 2 is 2.04 bits per heavy atom. The molecule has 1 unspecified atom stereocenters. The summed E-state index contributed by atoms with van der Waals surface area (Å²) in [6, 6.07) is 3.91. The van der Waals surface area contributed by atoms with E-state index in [4.69, 9.17) is 0 Å². The molecule has 0 saturated heterocycles. The van der Waals surface area contributed by atoms with Gasteiger partial charge in [0.15, 0.2) is 0 Å². The van der Waals surface area contributed by atoms with Gasteiger partial charge in [-0.25, -0.2) is 9.37 Å². The van der Waals surface area contributed by atoms with Crippen LogP contribution in [0.5, 0.6) is 0 Å². The Morgan fingerprint density at radius 1 is 1.29 bits per heavy atom. The first-order valence-corrected chi connectivity index (χ1v) is 8.31. The largest absolute Gasteiger partial charge is 0.352 e. The van der Waals surface area contributed by atoms with Crippen molar-refractivity contribution in [2.45, 2.75) is 52.6 Å². The van der Waals surface area contributed by atoms with Gasteiger partial charge in [0.1, 0.15) is 12.4 Å².